The van der Waals surface area contributed by atoms with E-state index in [4.69, 9.17) is 21.4 Å². The number of carbonyl (C=O) groups is 1. The summed E-state index contributed by atoms with van der Waals surface area (Å²) in [4.78, 5) is 24.0. The summed E-state index contributed by atoms with van der Waals surface area (Å²) in [5.74, 6) is -0.438. The molecule has 1 saturated heterocycles. The minimum absolute atomic E-state index is 0.247. The van der Waals surface area contributed by atoms with Crippen LogP contribution in [-0.4, -0.2) is 41.7 Å². The van der Waals surface area contributed by atoms with Gasteiger partial charge >= 0.3 is 12.0 Å². The van der Waals surface area contributed by atoms with E-state index in [0.717, 1.165) is 0 Å². The number of ether oxygens (including phenoxy) is 1. The third-order valence-electron chi connectivity index (χ3n) is 4.23. The number of nitrogens with zero attached hydrogens (tertiary/aromatic N) is 2. The van der Waals surface area contributed by atoms with E-state index in [2.05, 4.69) is 10.6 Å². The van der Waals surface area contributed by atoms with Gasteiger partial charge in [-0.05, 0) is 31.2 Å². The highest BCUT2D eigenvalue weighted by Gasteiger charge is 2.32. The average Bonchev–Trinajstić information content (AvgIpc) is 3.28. The minimum Gasteiger partial charge on any atom is -0.442 e. The largest absolute Gasteiger partial charge is 0.442 e. The van der Waals surface area contributed by atoms with Crippen molar-refractivity contribution in [3.8, 4) is 0 Å². The van der Waals surface area contributed by atoms with Crippen LogP contribution in [0.15, 0.2) is 34.7 Å². The number of benzene rings is 1. The van der Waals surface area contributed by atoms with Crippen molar-refractivity contribution in [1.29, 1.82) is 0 Å². The highest BCUT2D eigenvalue weighted by Crippen LogP contribution is 2.26. The zero-order chi connectivity index (χ0) is 21.0. The summed E-state index contributed by atoms with van der Waals surface area (Å²) >= 11 is 4.93. The van der Waals surface area contributed by atoms with Crippen LogP contribution in [0.5, 0.6) is 0 Å². The lowest BCUT2D eigenvalue weighted by Gasteiger charge is -2.15. The number of thiocarbonyl (C=S) groups is 1. The van der Waals surface area contributed by atoms with Crippen molar-refractivity contribution >= 4 is 40.6 Å². The molecule has 1 unspecified atom stereocenters. The molecule has 1 amide bonds. The Morgan fingerprint density at radius 2 is 2.21 bits per heavy atom. The number of nitrogens with one attached hydrogen (secondary N) is 2. The number of cyclic esters (lactones) is 1. The molecular formula is C18H19FN4O5S. The summed E-state index contributed by atoms with van der Waals surface area (Å²) < 4.78 is 24.7. The van der Waals surface area contributed by atoms with Gasteiger partial charge in [-0.25, -0.2) is 9.18 Å². The van der Waals surface area contributed by atoms with Crippen molar-refractivity contribution in [3.63, 3.8) is 0 Å². The SMILES string of the molecule is CC(=S)NCC1CN(c2ccc(NCCc3ccc([N+](=O)[O-])o3)c(F)c2)C(=O)O1. The summed E-state index contributed by atoms with van der Waals surface area (Å²) in [6, 6.07) is 7.17. The van der Waals surface area contributed by atoms with Crippen LogP contribution in [0.1, 0.15) is 12.7 Å². The molecular weight excluding hydrogens is 403 g/mol. The van der Waals surface area contributed by atoms with Crippen LogP contribution >= 0.6 is 12.2 Å². The topological polar surface area (TPSA) is 110 Å². The maximum absolute atomic E-state index is 14.4. The second kappa shape index (κ2) is 8.86. The minimum atomic E-state index is -0.615. The smallest absolute Gasteiger partial charge is 0.433 e. The van der Waals surface area contributed by atoms with Crippen LogP contribution in [0.2, 0.25) is 0 Å². The number of hydrogen-bond acceptors (Lipinski definition) is 7. The highest BCUT2D eigenvalue weighted by molar-refractivity contribution is 7.80. The molecule has 1 aromatic heterocycles. The Kier molecular flexibility index (Phi) is 6.27. The maximum Gasteiger partial charge on any atom is 0.433 e. The van der Waals surface area contributed by atoms with Crippen LogP contribution in [0, 0.1) is 15.9 Å². The van der Waals surface area contributed by atoms with Crippen LogP contribution in [0.25, 0.3) is 0 Å². The molecule has 9 nitrogen and oxygen atoms in total. The van der Waals surface area contributed by atoms with Gasteiger partial charge < -0.3 is 19.8 Å². The molecule has 2 N–H and O–H groups in total. The molecule has 2 heterocycles. The molecule has 2 aromatic rings. The standard InChI is InChI=1S/C18H19FN4O5S/c1-11(29)21-9-14-10-22(18(24)28-14)12-2-4-16(15(19)8-12)20-7-6-13-3-5-17(27-13)23(25)26/h2-5,8,14,20H,6-7,9-10H2,1H3,(H,21,29). The molecule has 154 valence electrons. The normalized spacial score (nSPS) is 15.9. The van der Waals surface area contributed by atoms with Crippen molar-refractivity contribution in [1.82, 2.24) is 5.32 Å². The number of anilines is 2. The molecule has 1 aromatic carbocycles. The van der Waals surface area contributed by atoms with Crippen molar-refractivity contribution in [2.75, 3.05) is 29.9 Å². The molecule has 0 saturated carbocycles. The molecule has 11 heteroatoms. The predicted octanol–water partition coefficient (Wildman–Crippen LogP) is 3.24. The van der Waals surface area contributed by atoms with Crippen molar-refractivity contribution in [3.05, 3.63) is 52.0 Å². The predicted molar refractivity (Wildman–Crippen MR) is 108 cm³/mol. The number of amides is 1. The molecule has 0 radical (unpaired) electrons. The number of halogens is 1. The van der Waals surface area contributed by atoms with Gasteiger partial charge in [0.2, 0.25) is 0 Å². The molecule has 0 spiro atoms. The van der Waals surface area contributed by atoms with Crippen molar-refractivity contribution < 1.29 is 23.3 Å². The highest BCUT2D eigenvalue weighted by atomic mass is 32.1. The Morgan fingerprint density at radius 3 is 2.86 bits per heavy atom. The first kappa shape index (κ1) is 20.5. The zero-order valence-corrected chi connectivity index (χ0v) is 16.3. The van der Waals surface area contributed by atoms with Gasteiger partial charge in [0.1, 0.15) is 22.6 Å². The number of hydrogen-bond donors (Lipinski definition) is 2. The van der Waals surface area contributed by atoms with Crippen molar-refractivity contribution in [2.45, 2.75) is 19.4 Å². The first-order valence-corrected chi connectivity index (χ1v) is 9.23. The Balaban J connectivity index is 1.56. The third kappa shape index (κ3) is 5.19. The molecule has 3 rings (SSSR count). The van der Waals surface area contributed by atoms with Gasteiger partial charge in [-0.3, -0.25) is 15.0 Å². The van der Waals surface area contributed by atoms with Gasteiger partial charge in [0.15, 0.2) is 0 Å². The average molecular weight is 422 g/mol. The second-order valence-electron chi connectivity index (χ2n) is 6.39. The Morgan fingerprint density at radius 1 is 1.41 bits per heavy atom. The van der Waals surface area contributed by atoms with E-state index >= 15 is 0 Å². The van der Waals surface area contributed by atoms with Gasteiger partial charge in [0, 0.05) is 13.0 Å². The molecule has 0 aliphatic carbocycles. The molecule has 1 aliphatic heterocycles. The number of carbonyl (C=O) groups excluding carboxylic acids is 1. The van der Waals surface area contributed by atoms with E-state index in [1.807, 2.05) is 0 Å². The quantitative estimate of drug-likeness (QED) is 0.379. The van der Waals surface area contributed by atoms with Crippen LogP contribution in [0.3, 0.4) is 0 Å². The van der Waals surface area contributed by atoms with E-state index in [1.54, 1.807) is 13.0 Å². The number of nitro groups is 1. The Bertz CT molecular complexity index is 935. The first-order valence-electron chi connectivity index (χ1n) is 8.82. The van der Waals surface area contributed by atoms with Gasteiger partial charge in [0.05, 0.1) is 35.5 Å². The van der Waals surface area contributed by atoms with E-state index in [0.29, 0.717) is 35.9 Å². The maximum atomic E-state index is 14.4. The van der Waals surface area contributed by atoms with Crippen LogP contribution < -0.4 is 15.5 Å². The molecule has 29 heavy (non-hydrogen) atoms. The fraction of sp³-hybridized carbons (Fsp3) is 0.333. The molecule has 1 atom stereocenters. The zero-order valence-electron chi connectivity index (χ0n) is 15.5. The molecule has 1 fully saturated rings. The lowest BCUT2D eigenvalue weighted by Crippen LogP contribution is -2.32. The monoisotopic (exact) mass is 422 g/mol. The van der Waals surface area contributed by atoms with Gasteiger partial charge in [-0.2, -0.15) is 0 Å². The van der Waals surface area contributed by atoms with Gasteiger partial charge in [-0.15, -0.1) is 0 Å². The lowest BCUT2D eigenvalue weighted by molar-refractivity contribution is -0.402. The van der Waals surface area contributed by atoms with E-state index in [-0.39, 0.29) is 24.2 Å². The third-order valence-corrected chi connectivity index (χ3v) is 4.38. The summed E-state index contributed by atoms with van der Waals surface area (Å²) in [5.41, 5.74) is 0.637. The summed E-state index contributed by atoms with van der Waals surface area (Å²) in [7, 11) is 0. The Hall–Kier alpha value is -3.21. The lowest BCUT2D eigenvalue weighted by atomic mass is 10.2. The van der Waals surface area contributed by atoms with Crippen LogP contribution in [0.4, 0.5) is 26.4 Å². The van der Waals surface area contributed by atoms with Crippen molar-refractivity contribution in [2.24, 2.45) is 0 Å². The fourth-order valence-corrected chi connectivity index (χ4v) is 2.91. The first-order chi connectivity index (χ1) is 13.8. The fourth-order valence-electron chi connectivity index (χ4n) is 2.83. The molecule has 0 bridgehead atoms. The van der Waals surface area contributed by atoms with E-state index in [9.17, 15) is 19.3 Å². The number of furan rings is 1. The van der Waals surface area contributed by atoms with E-state index < -0.39 is 16.8 Å². The van der Waals surface area contributed by atoms with Gasteiger partial charge in [0.25, 0.3) is 0 Å². The molecule has 1 aliphatic rings. The summed E-state index contributed by atoms with van der Waals surface area (Å²) in [6.45, 7) is 2.73. The summed E-state index contributed by atoms with van der Waals surface area (Å²) in [5, 5.41) is 16.5. The van der Waals surface area contributed by atoms with Gasteiger partial charge in [-0.1, -0.05) is 12.2 Å². The number of rotatable bonds is 8. The second-order valence-corrected chi connectivity index (χ2v) is 7.00. The van der Waals surface area contributed by atoms with Crippen LogP contribution in [-0.2, 0) is 11.2 Å². The summed E-state index contributed by atoms with van der Waals surface area (Å²) in [6.07, 6.45) is -0.571. The van der Waals surface area contributed by atoms with E-state index in [1.165, 1.54) is 29.2 Å². The Labute approximate surface area is 171 Å².